The van der Waals surface area contributed by atoms with Gasteiger partial charge in [0.1, 0.15) is 0 Å². The van der Waals surface area contributed by atoms with Crippen LogP contribution in [-0.2, 0) is 25.6 Å². The first kappa shape index (κ1) is 25.7. The number of rotatable bonds is 10. The zero-order valence-electron chi connectivity index (χ0n) is 20.7. The molecular weight excluding hydrogens is 450 g/mol. The van der Waals surface area contributed by atoms with Crippen molar-refractivity contribution in [2.75, 3.05) is 34.5 Å². The molecule has 0 amide bonds. The fraction of sp³-hybridized carbons (Fsp3) is 0.333. The Morgan fingerprint density at radius 1 is 0.800 bits per heavy atom. The minimum Gasteiger partial charge on any atom is -0.493 e. The van der Waals surface area contributed by atoms with Crippen LogP contribution in [0.4, 0.5) is 0 Å². The molecule has 0 fully saturated rings. The van der Waals surface area contributed by atoms with Crippen LogP contribution in [-0.4, -0.2) is 51.4 Å². The molecule has 8 nitrogen and oxygen atoms in total. The van der Waals surface area contributed by atoms with E-state index in [1.165, 1.54) is 7.11 Å². The van der Waals surface area contributed by atoms with Gasteiger partial charge in [0.25, 0.3) is 0 Å². The highest BCUT2D eigenvalue weighted by Crippen LogP contribution is 2.40. The summed E-state index contributed by atoms with van der Waals surface area (Å²) in [5, 5.41) is 0. The van der Waals surface area contributed by atoms with Crippen molar-refractivity contribution in [3.63, 3.8) is 0 Å². The van der Waals surface area contributed by atoms with Gasteiger partial charge in [0, 0.05) is 18.9 Å². The minimum atomic E-state index is -0.620. The number of ether oxygens (including phenoxy) is 5. The van der Waals surface area contributed by atoms with Gasteiger partial charge in [-0.05, 0) is 37.1 Å². The van der Waals surface area contributed by atoms with Crippen LogP contribution in [0.2, 0.25) is 0 Å². The Bertz CT molecular complexity index is 1050. The third-order valence-electron chi connectivity index (χ3n) is 5.48. The van der Waals surface area contributed by atoms with Gasteiger partial charge in [-0.25, -0.2) is 9.59 Å². The fourth-order valence-corrected chi connectivity index (χ4v) is 4.01. The maximum atomic E-state index is 13.0. The molecule has 0 radical (unpaired) electrons. The number of hydrogen-bond donors (Lipinski definition) is 0. The lowest BCUT2D eigenvalue weighted by atomic mass is 9.83. The highest BCUT2D eigenvalue weighted by atomic mass is 16.5. The number of hydrogen-bond acceptors (Lipinski definition) is 8. The predicted octanol–water partition coefficient (Wildman–Crippen LogP) is 4.21. The van der Waals surface area contributed by atoms with E-state index in [1.54, 1.807) is 45.4 Å². The molecule has 8 heteroatoms. The molecule has 1 aliphatic heterocycles. The number of carbonyl (C=O) groups is 2. The summed E-state index contributed by atoms with van der Waals surface area (Å²) in [6, 6.07) is 13.0. The molecule has 0 saturated carbocycles. The first-order chi connectivity index (χ1) is 17.0. The van der Waals surface area contributed by atoms with Gasteiger partial charge in [0.05, 0.1) is 51.6 Å². The van der Waals surface area contributed by atoms with E-state index in [-0.39, 0.29) is 13.2 Å². The number of nitrogens with zero attached hydrogens (tertiary/aromatic N) is 1. The molecule has 0 saturated heterocycles. The van der Waals surface area contributed by atoms with Gasteiger partial charge in [-0.15, -0.1) is 0 Å². The van der Waals surface area contributed by atoms with Crippen molar-refractivity contribution in [3.05, 3.63) is 77.1 Å². The summed E-state index contributed by atoms with van der Waals surface area (Å²) < 4.78 is 27.0. The Kier molecular flexibility index (Phi) is 8.78. The van der Waals surface area contributed by atoms with Crippen LogP contribution in [0.1, 0.15) is 30.9 Å². The highest BCUT2D eigenvalue weighted by Gasteiger charge is 2.35. The van der Waals surface area contributed by atoms with Crippen molar-refractivity contribution in [2.45, 2.75) is 26.3 Å². The molecule has 0 N–H and O–H groups in total. The molecular formula is C27H31NO7. The molecule has 0 aliphatic carbocycles. The van der Waals surface area contributed by atoms with E-state index >= 15 is 0 Å². The summed E-state index contributed by atoms with van der Waals surface area (Å²) in [7, 11) is 4.63. The zero-order chi connectivity index (χ0) is 25.4. The highest BCUT2D eigenvalue weighted by molar-refractivity contribution is 5.98. The maximum absolute atomic E-state index is 13.0. The van der Waals surface area contributed by atoms with Crippen molar-refractivity contribution in [1.29, 1.82) is 0 Å². The minimum absolute atomic E-state index is 0.211. The SMILES string of the molecule is CCOC(=O)C1=CN(Cc2cc(OC)c(OC)c(OC)c2)C=C(C(=O)OCC)C1c1ccccc1. The summed E-state index contributed by atoms with van der Waals surface area (Å²) in [5.41, 5.74) is 2.29. The van der Waals surface area contributed by atoms with Gasteiger partial charge >= 0.3 is 11.9 Å². The quantitative estimate of drug-likeness (QED) is 0.467. The lowest BCUT2D eigenvalue weighted by molar-refractivity contribution is -0.139. The van der Waals surface area contributed by atoms with E-state index < -0.39 is 17.9 Å². The van der Waals surface area contributed by atoms with Crippen molar-refractivity contribution in [2.24, 2.45) is 0 Å². The van der Waals surface area contributed by atoms with Crippen LogP contribution in [0.5, 0.6) is 17.2 Å². The first-order valence-electron chi connectivity index (χ1n) is 11.3. The first-order valence-corrected chi connectivity index (χ1v) is 11.3. The lowest BCUT2D eigenvalue weighted by Crippen LogP contribution is -2.29. The van der Waals surface area contributed by atoms with Gasteiger partial charge in [-0.2, -0.15) is 0 Å². The molecule has 35 heavy (non-hydrogen) atoms. The van der Waals surface area contributed by atoms with Gasteiger partial charge in [-0.1, -0.05) is 30.3 Å². The average molecular weight is 482 g/mol. The number of methoxy groups -OCH3 is 3. The van der Waals surface area contributed by atoms with Gasteiger partial charge < -0.3 is 28.6 Å². The topological polar surface area (TPSA) is 83.5 Å². The fourth-order valence-electron chi connectivity index (χ4n) is 4.01. The van der Waals surface area contributed by atoms with Gasteiger partial charge in [0.15, 0.2) is 11.5 Å². The lowest BCUT2D eigenvalue weighted by Gasteiger charge is -2.30. The summed E-state index contributed by atoms with van der Waals surface area (Å²) in [4.78, 5) is 27.8. The monoisotopic (exact) mass is 481 g/mol. The summed E-state index contributed by atoms with van der Waals surface area (Å²) >= 11 is 0. The largest absolute Gasteiger partial charge is 0.493 e. The number of benzene rings is 2. The van der Waals surface area contributed by atoms with E-state index in [1.807, 2.05) is 42.5 Å². The number of esters is 2. The average Bonchev–Trinajstić information content (AvgIpc) is 2.88. The summed E-state index contributed by atoms with van der Waals surface area (Å²) in [6.07, 6.45) is 3.42. The molecule has 0 unspecified atom stereocenters. The zero-order valence-corrected chi connectivity index (χ0v) is 20.7. The second kappa shape index (κ2) is 12.0. The normalized spacial score (nSPS) is 13.5. The maximum Gasteiger partial charge on any atom is 0.336 e. The van der Waals surface area contributed by atoms with Crippen molar-refractivity contribution in [1.82, 2.24) is 4.90 Å². The van der Waals surface area contributed by atoms with E-state index in [4.69, 9.17) is 23.7 Å². The molecule has 0 spiro atoms. The molecule has 186 valence electrons. The van der Waals surface area contributed by atoms with Crippen LogP contribution in [0.25, 0.3) is 0 Å². The van der Waals surface area contributed by atoms with E-state index in [0.29, 0.717) is 34.9 Å². The second-order valence-corrected chi connectivity index (χ2v) is 7.66. The summed E-state index contributed by atoms with van der Waals surface area (Å²) in [5.74, 6) is -0.120. The molecule has 2 aromatic carbocycles. The molecule has 1 heterocycles. The van der Waals surface area contributed by atoms with Crippen LogP contribution in [0.3, 0.4) is 0 Å². The van der Waals surface area contributed by atoms with E-state index in [2.05, 4.69) is 0 Å². The van der Waals surface area contributed by atoms with E-state index in [0.717, 1.165) is 11.1 Å². The van der Waals surface area contributed by atoms with Crippen molar-refractivity contribution >= 4 is 11.9 Å². The van der Waals surface area contributed by atoms with Crippen molar-refractivity contribution < 1.29 is 33.3 Å². The molecule has 1 aliphatic rings. The van der Waals surface area contributed by atoms with Crippen LogP contribution in [0.15, 0.2) is 66.0 Å². The standard InChI is InChI=1S/C27H31NO7/c1-6-34-26(29)20-16-28(15-18-13-22(31-3)25(33-5)23(14-18)32-4)17-21(27(30)35-7-2)24(20)19-11-9-8-10-12-19/h8-14,16-17,24H,6-7,15H2,1-5H3. The summed E-state index contributed by atoms with van der Waals surface area (Å²) in [6.45, 7) is 4.24. The Hall–Kier alpha value is -3.94. The third-order valence-corrected chi connectivity index (χ3v) is 5.48. The van der Waals surface area contributed by atoms with Crippen LogP contribution >= 0.6 is 0 Å². The van der Waals surface area contributed by atoms with Crippen molar-refractivity contribution in [3.8, 4) is 17.2 Å². The second-order valence-electron chi connectivity index (χ2n) is 7.66. The van der Waals surface area contributed by atoms with Gasteiger partial charge in [0.2, 0.25) is 5.75 Å². The predicted molar refractivity (Wildman–Crippen MR) is 130 cm³/mol. The molecule has 0 aromatic heterocycles. The molecule has 2 aromatic rings. The Morgan fingerprint density at radius 2 is 1.31 bits per heavy atom. The Morgan fingerprint density at radius 3 is 1.74 bits per heavy atom. The smallest absolute Gasteiger partial charge is 0.336 e. The Balaban J connectivity index is 2.09. The molecule has 0 bridgehead atoms. The van der Waals surface area contributed by atoms with E-state index in [9.17, 15) is 9.59 Å². The molecule has 3 rings (SSSR count). The van der Waals surface area contributed by atoms with Crippen LogP contribution < -0.4 is 14.2 Å². The van der Waals surface area contributed by atoms with Gasteiger partial charge in [-0.3, -0.25) is 0 Å². The van der Waals surface area contributed by atoms with Crippen LogP contribution in [0, 0.1) is 0 Å². The molecule has 0 atom stereocenters. The Labute approximate surface area is 205 Å². The third kappa shape index (κ3) is 5.77. The number of carbonyl (C=O) groups excluding carboxylic acids is 2.